The van der Waals surface area contributed by atoms with Crippen LogP contribution in [-0.4, -0.2) is 0 Å². The first-order valence-corrected chi connectivity index (χ1v) is 3.43. The van der Waals surface area contributed by atoms with E-state index in [9.17, 15) is 0 Å². The van der Waals surface area contributed by atoms with E-state index in [0.717, 1.165) is 5.92 Å². The van der Waals surface area contributed by atoms with Crippen molar-refractivity contribution < 1.29 is 0 Å². The number of hydrogen-bond donors (Lipinski definition) is 0. The lowest BCUT2D eigenvalue weighted by atomic mass is 10.1. The predicted molar refractivity (Wildman–Crippen MR) is 39.0 cm³/mol. The molecule has 0 unspecified atom stereocenters. The van der Waals surface area contributed by atoms with Crippen molar-refractivity contribution in [2.45, 2.75) is 46.5 Å². The van der Waals surface area contributed by atoms with Crippen molar-refractivity contribution in [3.8, 4) is 0 Å². The highest BCUT2D eigenvalue weighted by Gasteiger charge is 2.11. The van der Waals surface area contributed by atoms with E-state index in [0.29, 0.717) is 0 Å². The molecule has 1 aliphatic rings. The van der Waals surface area contributed by atoms with Gasteiger partial charge in [0.25, 0.3) is 0 Å². The average Bonchev–Trinajstić information content (AvgIpc) is 2.14. The molecule has 1 saturated carbocycles. The fourth-order valence-electron chi connectivity index (χ4n) is 1.42. The van der Waals surface area contributed by atoms with Crippen LogP contribution < -0.4 is 0 Å². The molecule has 50 valence electrons. The average molecular weight is 114 g/mol. The van der Waals surface area contributed by atoms with E-state index in [1.165, 1.54) is 32.1 Å². The van der Waals surface area contributed by atoms with E-state index in [1.807, 2.05) is 0 Å². The van der Waals surface area contributed by atoms with E-state index in [4.69, 9.17) is 0 Å². The van der Waals surface area contributed by atoms with Gasteiger partial charge in [-0.15, -0.1) is 0 Å². The molecule has 0 heterocycles. The third-order valence-corrected chi connectivity index (χ3v) is 2.05. The number of rotatable bonds is 1. The lowest BCUT2D eigenvalue weighted by Crippen LogP contribution is -1.86. The normalized spacial score (nSPS) is 20.6. The maximum atomic E-state index is 2.30. The van der Waals surface area contributed by atoms with E-state index in [1.54, 1.807) is 0 Å². The Kier molecular flexibility index (Phi) is 3.94. The molecule has 1 fully saturated rings. The summed E-state index contributed by atoms with van der Waals surface area (Å²) in [5.41, 5.74) is 0. The molecule has 1 rings (SSSR count). The van der Waals surface area contributed by atoms with E-state index >= 15 is 0 Å². The largest absolute Gasteiger partial charge is 0.0776 e. The van der Waals surface area contributed by atoms with Crippen LogP contribution in [0.15, 0.2) is 0 Å². The van der Waals surface area contributed by atoms with Crippen molar-refractivity contribution in [3.05, 3.63) is 0 Å². The zero-order chi connectivity index (χ0) is 5.11. The van der Waals surface area contributed by atoms with Crippen LogP contribution in [-0.2, 0) is 0 Å². The minimum atomic E-state index is 0. The Morgan fingerprint density at radius 2 is 1.75 bits per heavy atom. The highest BCUT2D eigenvalue weighted by atomic mass is 14.2. The molecule has 1 aliphatic carbocycles. The molecule has 0 saturated heterocycles. The molecule has 0 N–H and O–H groups in total. The molecule has 0 amide bonds. The summed E-state index contributed by atoms with van der Waals surface area (Å²) in [6.45, 7) is 2.30. The van der Waals surface area contributed by atoms with Crippen LogP contribution in [0.3, 0.4) is 0 Å². The first-order chi connectivity index (χ1) is 3.43. The second kappa shape index (κ2) is 3.94. The zero-order valence-corrected chi connectivity index (χ0v) is 5.11. The maximum Gasteiger partial charge on any atom is -0.0417 e. The van der Waals surface area contributed by atoms with Gasteiger partial charge in [0.1, 0.15) is 0 Å². The smallest absolute Gasteiger partial charge is 0.0417 e. The van der Waals surface area contributed by atoms with Crippen LogP contribution in [0.25, 0.3) is 0 Å². The topological polar surface area (TPSA) is 0 Å². The minimum Gasteiger partial charge on any atom is -0.0776 e. The second-order valence-corrected chi connectivity index (χ2v) is 2.56. The summed E-state index contributed by atoms with van der Waals surface area (Å²) in [5.74, 6) is 1.10. The molecule has 0 aromatic heterocycles. The third kappa shape index (κ3) is 1.85. The highest BCUT2D eigenvalue weighted by molar-refractivity contribution is 4.64. The van der Waals surface area contributed by atoms with Crippen molar-refractivity contribution in [2.75, 3.05) is 0 Å². The summed E-state index contributed by atoms with van der Waals surface area (Å²) >= 11 is 0. The van der Waals surface area contributed by atoms with Gasteiger partial charge in [0.05, 0.1) is 0 Å². The maximum absolute atomic E-state index is 2.30. The van der Waals surface area contributed by atoms with E-state index in [-0.39, 0.29) is 7.43 Å². The summed E-state index contributed by atoms with van der Waals surface area (Å²) in [5, 5.41) is 0. The van der Waals surface area contributed by atoms with Crippen LogP contribution in [0, 0.1) is 5.92 Å². The minimum absolute atomic E-state index is 0. The van der Waals surface area contributed by atoms with Crippen molar-refractivity contribution in [2.24, 2.45) is 5.92 Å². The van der Waals surface area contributed by atoms with Crippen molar-refractivity contribution in [1.82, 2.24) is 0 Å². The first-order valence-electron chi connectivity index (χ1n) is 3.43. The molecule has 0 aromatic rings. The molecule has 0 aromatic carbocycles. The van der Waals surface area contributed by atoms with Gasteiger partial charge in [-0.1, -0.05) is 46.5 Å². The van der Waals surface area contributed by atoms with Crippen molar-refractivity contribution >= 4 is 0 Å². The lowest BCUT2D eigenvalue weighted by Gasteiger charge is -1.99. The molecule has 0 spiro atoms. The predicted octanol–water partition coefficient (Wildman–Crippen LogP) is 3.22. The van der Waals surface area contributed by atoms with Crippen molar-refractivity contribution in [1.29, 1.82) is 0 Å². The van der Waals surface area contributed by atoms with Gasteiger partial charge in [0, 0.05) is 0 Å². The summed E-state index contributed by atoms with van der Waals surface area (Å²) < 4.78 is 0. The van der Waals surface area contributed by atoms with Gasteiger partial charge in [-0.05, 0) is 5.92 Å². The fraction of sp³-hybridized carbons (Fsp3) is 1.00. The quantitative estimate of drug-likeness (QED) is 0.491. The van der Waals surface area contributed by atoms with Gasteiger partial charge >= 0.3 is 0 Å². The highest BCUT2D eigenvalue weighted by Crippen LogP contribution is 2.26. The Morgan fingerprint density at radius 3 is 2.00 bits per heavy atom. The van der Waals surface area contributed by atoms with E-state index < -0.39 is 0 Å². The Morgan fingerprint density at radius 1 is 1.25 bits per heavy atom. The summed E-state index contributed by atoms with van der Waals surface area (Å²) in [4.78, 5) is 0. The Hall–Kier alpha value is 0. The summed E-state index contributed by atoms with van der Waals surface area (Å²) in [7, 11) is 0. The fourth-order valence-corrected chi connectivity index (χ4v) is 1.42. The molecule has 8 heavy (non-hydrogen) atoms. The third-order valence-electron chi connectivity index (χ3n) is 2.05. The molecule has 0 bridgehead atoms. The van der Waals surface area contributed by atoms with Crippen LogP contribution in [0.5, 0.6) is 0 Å². The SMILES string of the molecule is C.CCC1CCCC1. The van der Waals surface area contributed by atoms with Gasteiger partial charge in [0.15, 0.2) is 0 Å². The molecular formula is C8H18. The van der Waals surface area contributed by atoms with Gasteiger partial charge in [-0.2, -0.15) is 0 Å². The Labute approximate surface area is 53.3 Å². The first kappa shape index (κ1) is 8.00. The van der Waals surface area contributed by atoms with Crippen LogP contribution in [0.1, 0.15) is 46.5 Å². The standard InChI is InChI=1S/C7H14.CH4/c1-2-7-5-3-4-6-7;/h7H,2-6H2,1H3;1H4. The summed E-state index contributed by atoms with van der Waals surface area (Å²) in [6.07, 6.45) is 7.43. The number of hydrogen-bond acceptors (Lipinski definition) is 0. The van der Waals surface area contributed by atoms with Crippen LogP contribution in [0.2, 0.25) is 0 Å². The van der Waals surface area contributed by atoms with Crippen LogP contribution in [0.4, 0.5) is 0 Å². The monoisotopic (exact) mass is 114 g/mol. The van der Waals surface area contributed by atoms with Gasteiger partial charge in [-0.25, -0.2) is 0 Å². The van der Waals surface area contributed by atoms with Gasteiger partial charge in [-0.3, -0.25) is 0 Å². The van der Waals surface area contributed by atoms with Gasteiger partial charge < -0.3 is 0 Å². The lowest BCUT2D eigenvalue weighted by molar-refractivity contribution is 0.531. The molecule has 0 aliphatic heterocycles. The van der Waals surface area contributed by atoms with Gasteiger partial charge in [0.2, 0.25) is 0 Å². The Bertz CT molecular complexity index is 42.0. The molecule has 0 atom stereocenters. The van der Waals surface area contributed by atoms with E-state index in [2.05, 4.69) is 6.92 Å². The molecule has 0 radical (unpaired) electrons. The van der Waals surface area contributed by atoms with Crippen molar-refractivity contribution in [3.63, 3.8) is 0 Å². The molecular weight excluding hydrogens is 96.1 g/mol. The summed E-state index contributed by atoms with van der Waals surface area (Å²) in [6, 6.07) is 0. The Balaban J connectivity index is 0.000000490. The molecule has 0 nitrogen and oxygen atoms in total. The molecule has 0 heteroatoms. The second-order valence-electron chi connectivity index (χ2n) is 2.56. The zero-order valence-electron chi connectivity index (χ0n) is 5.11. The van der Waals surface area contributed by atoms with Crippen LogP contribution >= 0.6 is 0 Å².